The Morgan fingerprint density at radius 2 is 1.43 bits per heavy atom. The summed E-state index contributed by atoms with van der Waals surface area (Å²) < 4.78 is 2.35. The SMILES string of the molecule is N#Cc1ccc(N(c2ccc3c4c2ccc2cccc(c24)n3-c2ccccc2)c2cccc3nccnc23)cc1. The first-order valence-electron chi connectivity index (χ1n) is 13.2. The molecule has 0 saturated carbocycles. The Morgan fingerprint density at radius 1 is 0.625 bits per heavy atom. The van der Waals surface area contributed by atoms with Crippen LogP contribution in [0.3, 0.4) is 0 Å². The van der Waals surface area contributed by atoms with Gasteiger partial charge in [-0.2, -0.15) is 5.26 Å². The summed E-state index contributed by atoms with van der Waals surface area (Å²) in [5.41, 5.74) is 8.64. The summed E-state index contributed by atoms with van der Waals surface area (Å²) in [6.07, 6.45) is 3.45. The molecule has 0 aliphatic heterocycles. The Labute approximate surface area is 230 Å². The number of hydrogen-bond acceptors (Lipinski definition) is 4. The molecule has 8 rings (SSSR count). The first kappa shape index (κ1) is 22.3. The molecule has 6 aromatic carbocycles. The number of fused-ring (bicyclic) bond motifs is 1. The van der Waals surface area contributed by atoms with Crippen molar-refractivity contribution in [1.29, 1.82) is 5.26 Å². The molecule has 0 aliphatic carbocycles. The Kier molecular flexibility index (Phi) is 4.82. The maximum absolute atomic E-state index is 9.45. The van der Waals surface area contributed by atoms with E-state index in [4.69, 9.17) is 4.98 Å². The van der Waals surface area contributed by atoms with Crippen molar-refractivity contribution in [1.82, 2.24) is 14.5 Å². The van der Waals surface area contributed by atoms with E-state index in [1.165, 1.54) is 21.7 Å². The van der Waals surface area contributed by atoms with Gasteiger partial charge >= 0.3 is 0 Å². The van der Waals surface area contributed by atoms with Crippen LogP contribution in [0.4, 0.5) is 17.1 Å². The molecule has 40 heavy (non-hydrogen) atoms. The van der Waals surface area contributed by atoms with Crippen LogP contribution >= 0.6 is 0 Å². The van der Waals surface area contributed by atoms with Crippen molar-refractivity contribution in [3.8, 4) is 11.8 Å². The maximum Gasteiger partial charge on any atom is 0.113 e. The van der Waals surface area contributed by atoms with Crippen molar-refractivity contribution in [3.63, 3.8) is 0 Å². The summed E-state index contributed by atoms with van der Waals surface area (Å²) in [4.78, 5) is 11.5. The molecule has 0 bridgehead atoms. The zero-order valence-corrected chi connectivity index (χ0v) is 21.4. The molecule has 0 saturated heterocycles. The zero-order valence-electron chi connectivity index (χ0n) is 21.4. The smallest absolute Gasteiger partial charge is 0.113 e. The van der Waals surface area contributed by atoms with E-state index in [9.17, 15) is 5.26 Å². The lowest BCUT2D eigenvalue weighted by molar-refractivity contribution is 1.18. The highest BCUT2D eigenvalue weighted by Gasteiger charge is 2.23. The molecule has 186 valence electrons. The standard InChI is InChI=1S/C35H21N5/c36-22-23-12-15-26(16-13-23)39(32-11-5-9-28-35(32)38-21-20-37-28)29-18-19-31-34-27(29)17-14-24-6-4-10-30(33(24)34)40(31)25-7-2-1-3-8-25/h1-21H. The summed E-state index contributed by atoms with van der Waals surface area (Å²) in [6, 6.07) is 41.9. The molecule has 0 atom stereocenters. The van der Waals surface area contributed by atoms with E-state index in [2.05, 4.69) is 99.4 Å². The van der Waals surface area contributed by atoms with Gasteiger partial charge in [-0.25, -0.2) is 0 Å². The van der Waals surface area contributed by atoms with E-state index in [1.54, 1.807) is 12.4 Å². The van der Waals surface area contributed by atoms with Crippen molar-refractivity contribution in [2.75, 3.05) is 4.90 Å². The normalized spacial score (nSPS) is 11.5. The van der Waals surface area contributed by atoms with Crippen LogP contribution in [0.15, 0.2) is 128 Å². The van der Waals surface area contributed by atoms with E-state index >= 15 is 0 Å². The van der Waals surface area contributed by atoms with Crippen LogP contribution in [0.25, 0.3) is 49.3 Å². The van der Waals surface area contributed by atoms with Gasteiger partial charge in [0.25, 0.3) is 0 Å². The predicted molar refractivity (Wildman–Crippen MR) is 162 cm³/mol. The quantitative estimate of drug-likeness (QED) is 0.222. The number of para-hydroxylation sites is 2. The third kappa shape index (κ3) is 3.20. The number of aromatic nitrogens is 3. The van der Waals surface area contributed by atoms with Gasteiger partial charge in [0.15, 0.2) is 0 Å². The fourth-order valence-corrected chi connectivity index (χ4v) is 5.97. The van der Waals surface area contributed by atoms with Crippen LogP contribution in [0.1, 0.15) is 5.56 Å². The molecular formula is C35H21N5. The number of anilines is 3. The van der Waals surface area contributed by atoms with Crippen LogP contribution in [-0.4, -0.2) is 14.5 Å². The average Bonchev–Trinajstić information content (AvgIpc) is 3.37. The highest BCUT2D eigenvalue weighted by atomic mass is 15.2. The van der Waals surface area contributed by atoms with Crippen molar-refractivity contribution in [2.45, 2.75) is 0 Å². The predicted octanol–water partition coefficient (Wildman–Crippen LogP) is 8.66. The highest BCUT2D eigenvalue weighted by Crippen LogP contribution is 2.46. The number of hydrogen-bond donors (Lipinski definition) is 0. The molecule has 0 N–H and O–H groups in total. The topological polar surface area (TPSA) is 57.7 Å². The molecule has 2 heterocycles. The number of nitriles is 1. The maximum atomic E-state index is 9.45. The van der Waals surface area contributed by atoms with E-state index in [-0.39, 0.29) is 0 Å². The van der Waals surface area contributed by atoms with Gasteiger partial charge in [-0.1, -0.05) is 48.5 Å². The van der Waals surface area contributed by atoms with E-state index < -0.39 is 0 Å². The van der Waals surface area contributed by atoms with E-state index in [0.717, 1.165) is 44.7 Å². The minimum Gasteiger partial charge on any atom is -0.309 e. The second kappa shape index (κ2) is 8.65. The van der Waals surface area contributed by atoms with Crippen LogP contribution in [0, 0.1) is 11.3 Å². The van der Waals surface area contributed by atoms with Gasteiger partial charge in [0.2, 0.25) is 0 Å². The molecular weight excluding hydrogens is 490 g/mol. The number of rotatable bonds is 4. The molecule has 0 amide bonds. The second-order valence-electron chi connectivity index (χ2n) is 9.83. The van der Waals surface area contributed by atoms with Crippen molar-refractivity contribution >= 4 is 60.7 Å². The van der Waals surface area contributed by atoms with Crippen molar-refractivity contribution in [3.05, 3.63) is 133 Å². The monoisotopic (exact) mass is 511 g/mol. The fraction of sp³-hybridized carbons (Fsp3) is 0. The summed E-state index contributed by atoms with van der Waals surface area (Å²) >= 11 is 0. The van der Waals surface area contributed by atoms with Crippen LogP contribution < -0.4 is 4.90 Å². The van der Waals surface area contributed by atoms with Gasteiger partial charge in [0.05, 0.1) is 39.6 Å². The number of nitrogens with zero attached hydrogens (tertiary/aromatic N) is 5. The first-order valence-corrected chi connectivity index (χ1v) is 13.2. The van der Waals surface area contributed by atoms with E-state index in [1.807, 2.05) is 36.4 Å². The zero-order chi connectivity index (χ0) is 26.6. The molecule has 5 nitrogen and oxygen atoms in total. The van der Waals surface area contributed by atoms with Gasteiger partial charge in [-0.3, -0.25) is 9.97 Å². The lowest BCUT2D eigenvalue weighted by atomic mass is 9.99. The van der Waals surface area contributed by atoms with Gasteiger partial charge in [0, 0.05) is 39.9 Å². The Balaban J connectivity index is 1.48. The molecule has 0 aliphatic rings. The summed E-state index contributed by atoms with van der Waals surface area (Å²) in [5, 5.41) is 14.3. The number of benzene rings is 6. The van der Waals surface area contributed by atoms with Gasteiger partial charge in [-0.05, 0) is 72.1 Å². The summed E-state index contributed by atoms with van der Waals surface area (Å²) in [6.45, 7) is 0. The Hall–Kier alpha value is -5.73. The van der Waals surface area contributed by atoms with Gasteiger partial charge in [0.1, 0.15) is 5.52 Å². The third-order valence-corrected chi connectivity index (χ3v) is 7.66. The average molecular weight is 512 g/mol. The second-order valence-corrected chi connectivity index (χ2v) is 9.83. The minimum absolute atomic E-state index is 0.619. The minimum atomic E-state index is 0.619. The fourth-order valence-electron chi connectivity index (χ4n) is 5.97. The Morgan fingerprint density at radius 3 is 2.27 bits per heavy atom. The van der Waals surface area contributed by atoms with Gasteiger partial charge < -0.3 is 9.47 Å². The summed E-state index contributed by atoms with van der Waals surface area (Å²) in [7, 11) is 0. The first-order chi connectivity index (χ1) is 19.8. The molecule has 0 unspecified atom stereocenters. The highest BCUT2D eigenvalue weighted by molar-refractivity contribution is 6.27. The lowest BCUT2D eigenvalue weighted by Gasteiger charge is -2.27. The third-order valence-electron chi connectivity index (χ3n) is 7.66. The van der Waals surface area contributed by atoms with Crippen LogP contribution in [-0.2, 0) is 0 Å². The van der Waals surface area contributed by atoms with Crippen LogP contribution in [0.5, 0.6) is 0 Å². The van der Waals surface area contributed by atoms with E-state index in [0.29, 0.717) is 5.56 Å². The van der Waals surface area contributed by atoms with Crippen LogP contribution in [0.2, 0.25) is 0 Å². The molecule has 5 heteroatoms. The van der Waals surface area contributed by atoms with Crippen molar-refractivity contribution in [2.24, 2.45) is 0 Å². The van der Waals surface area contributed by atoms with Crippen molar-refractivity contribution < 1.29 is 0 Å². The molecule has 8 aromatic rings. The molecule has 0 spiro atoms. The lowest BCUT2D eigenvalue weighted by Crippen LogP contribution is -2.11. The largest absolute Gasteiger partial charge is 0.309 e. The molecule has 0 radical (unpaired) electrons. The summed E-state index contributed by atoms with van der Waals surface area (Å²) in [5.74, 6) is 0. The van der Waals surface area contributed by atoms with Gasteiger partial charge in [-0.15, -0.1) is 0 Å². The Bertz CT molecular complexity index is 2220. The molecule has 2 aromatic heterocycles. The molecule has 0 fully saturated rings.